The molecule has 0 aromatic rings. The van der Waals surface area contributed by atoms with Gasteiger partial charge in [-0.05, 0) is 32.0 Å². The van der Waals surface area contributed by atoms with E-state index in [1.807, 2.05) is 25.5 Å². The summed E-state index contributed by atoms with van der Waals surface area (Å²) in [6.45, 7) is 2.14. The molecule has 1 aliphatic rings. The van der Waals surface area contributed by atoms with E-state index in [0.29, 0.717) is 6.04 Å². The number of rotatable bonds is 2. The third kappa shape index (κ3) is 2.31. The van der Waals surface area contributed by atoms with Gasteiger partial charge in [0.2, 0.25) is 0 Å². The van der Waals surface area contributed by atoms with E-state index >= 15 is 0 Å². The number of allylic oxidation sites excluding steroid dienone is 2. The van der Waals surface area contributed by atoms with Crippen LogP contribution in [0, 0.1) is 0 Å². The van der Waals surface area contributed by atoms with E-state index in [1.54, 1.807) is 0 Å². The molecule has 2 heteroatoms. The smallest absolute Gasteiger partial charge is 0.0278 e. The van der Waals surface area contributed by atoms with Crippen molar-refractivity contribution in [1.29, 1.82) is 0 Å². The van der Waals surface area contributed by atoms with Crippen molar-refractivity contribution in [1.82, 2.24) is 5.32 Å². The summed E-state index contributed by atoms with van der Waals surface area (Å²) in [6.07, 6.45) is 8.85. The van der Waals surface area contributed by atoms with Crippen LogP contribution in [0.5, 0.6) is 0 Å². The molecule has 1 N–H and O–H groups in total. The van der Waals surface area contributed by atoms with Gasteiger partial charge in [-0.25, -0.2) is 0 Å². The number of likely N-dealkylation sites (N-methyl/N-ethyl adjacent to an activating group) is 1. The number of aliphatic imine (C=N–C) groups is 1. The van der Waals surface area contributed by atoms with Crippen molar-refractivity contribution in [2.24, 2.45) is 4.99 Å². The summed E-state index contributed by atoms with van der Waals surface area (Å²) in [5, 5.41) is 3.19. The standard InChI is InChI=1S/C9H14N2/c1-8(10-2)9-5-3-4-6-11-7-9/h3-4,6-8,10H,5H2,1-2H3. The fourth-order valence-corrected chi connectivity index (χ4v) is 0.980. The summed E-state index contributed by atoms with van der Waals surface area (Å²) in [4.78, 5) is 4.11. The summed E-state index contributed by atoms with van der Waals surface area (Å²) in [6, 6.07) is 0.426. The molecule has 0 amide bonds. The first-order valence-corrected chi connectivity index (χ1v) is 3.89. The highest BCUT2D eigenvalue weighted by molar-refractivity contribution is 5.72. The summed E-state index contributed by atoms with van der Waals surface area (Å²) >= 11 is 0. The lowest BCUT2D eigenvalue weighted by Gasteiger charge is -2.11. The summed E-state index contributed by atoms with van der Waals surface area (Å²) in [5.41, 5.74) is 1.33. The predicted octanol–water partition coefficient (Wildman–Crippen LogP) is 1.51. The minimum absolute atomic E-state index is 0.426. The molecule has 0 fully saturated rings. The van der Waals surface area contributed by atoms with E-state index in [9.17, 15) is 0 Å². The van der Waals surface area contributed by atoms with Crippen molar-refractivity contribution in [2.75, 3.05) is 7.05 Å². The number of nitrogens with zero attached hydrogens (tertiary/aromatic N) is 1. The highest BCUT2D eigenvalue weighted by Gasteiger charge is 2.04. The van der Waals surface area contributed by atoms with Crippen molar-refractivity contribution in [3.8, 4) is 0 Å². The quantitative estimate of drug-likeness (QED) is 0.634. The molecule has 11 heavy (non-hydrogen) atoms. The molecule has 1 heterocycles. The fraction of sp³-hybridized carbons (Fsp3) is 0.444. The highest BCUT2D eigenvalue weighted by Crippen LogP contribution is 2.09. The van der Waals surface area contributed by atoms with Gasteiger partial charge in [0, 0.05) is 18.5 Å². The summed E-state index contributed by atoms with van der Waals surface area (Å²) < 4.78 is 0. The van der Waals surface area contributed by atoms with Gasteiger partial charge in [0.15, 0.2) is 0 Å². The molecule has 0 spiro atoms. The predicted molar refractivity (Wildman–Crippen MR) is 48.9 cm³/mol. The van der Waals surface area contributed by atoms with Gasteiger partial charge in [-0.1, -0.05) is 6.08 Å². The summed E-state index contributed by atoms with van der Waals surface area (Å²) in [5.74, 6) is 0. The van der Waals surface area contributed by atoms with Crippen LogP contribution in [-0.2, 0) is 0 Å². The Morgan fingerprint density at radius 2 is 2.45 bits per heavy atom. The van der Waals surface area contributed by atoms with Crippen LogP contribution in [-0.4, -0.2) is 19.3 Å². The van der Waals surface area contributed by atoms with Crippen LogP contribution < -0.4 is 5.32 Å². The van der Waals surface area contributed by atoms with E-state index in [1.165, 1.54) is 5.57 Å². The van der Waals surface area contributed by atoms with Gasteiger partial charge in [0.1, 0.15) is 0 Å². The topological polar surface area (TPSA) is 24.4 Å². The second kappa shape index (κ2) is 4.09. The largest absolute Gasteiger partial charge is 0.313 e. The molecule has 0 aliphatic carbocycles. The molecule has 2 nitrogen and oxygen atoms in total. The lowest BCUT2D eigenvalue weighted by molar-refractivity contribution is 0.678. The molecule has 0 aromatic heterocycles. The Hall–Kier alpha value is -0.890. The van der Waals surface area contributed by atoms with Crippen molar-refractivity contribution in [3.63, 3.8) is 0 Å². The SMILES string of the molecule is CNC(C)C1=CN=CC=CC1. The minimum Gasteiger partial charge on any atom is -0.313 e. The van der Waals surface area contributed by atoms with E-state index in [2.05, 4.69) is 23.3 Å². The Labute approximate surface area is 67.7 Å². The highest BCUT2D eigenvalue weighted by atomic mass is 14.9. The average molecular weight is 150 g/mol. The molecule has 1 aliphatic heterocycles. The molecular formula is C9H14N2. The van der Waals surface area contributed by atoms with Gasteiger partial charge < -0.3 is 5.32 Å². The first kappa shape index (κ1) is 8.21. The minimum atomic E-state index is 0.426. The first-order valence-electron chi connectivity index (χ1n) is 3.89. The second-order valence-electron chi connectivity index (χ2n) is 2.64. The number of hydrogen-bond acceptors (Lipinski definition) is 2. The van der Waals surface area contributed by atoms with Crippen LogP contribution in [0.4, 0.5) is 0 Å². The zero-order chi connectivity index (χ0) is 8.10. The van der Waals surface area contributed by atoms with E-state index in [-0.39, 0.29) is 0 Å². The maximum atomic E-state index is 4.11. The maximum Gasteiger partial charge on any atom is 0.0278 e. The van der Waals surface area contributed by atoms with Crippen molar-refractivity contribution < 1.29 is 0 Å². The molecule has 0 aromatic carbocycles. The van der Waals surface area contributed by atoms with Crippen LogP contribution in [0.3, 0.4) is 0 Å². The molecule has 1 unspecified atom stereocenters. The number of hydrogen-bond donors (Lipinski definition) is 1. The van der Waals surface area contributed by atoms with E-state index < -0.39 is 0 Å². The third-order valence-corrected chi connectivity index (χ3v) is 1.89. The van der Waals surface area contributed by atoms with Crippen LogP contribution >= 0.6 is 0 Å². The Bertz CT molecular complexity index is 202. The molecule has 0 saturated heterocycles. The Kier molecular flexibility index (Phi) is 3.05. The van der Waals surface area contributed by atoms with Crippen LogP contribution in [0.25, 0.3) is 0 Å². The molecule has 0 saturated carbocycles. The lowest BCUT2D eigenvalue weighted by atomic mass is 10.1. The monoisotopic (exact) mass is 150 g/mol. The maximum absolute atomic E-state index is 4.11. The zero-order valence-corrected chi connectivity index (χ0v) is 7.04. The Morgan fingerprint density at radius 3 is 3.18 bits per heavy atom. The summed E-state index contributed by atoms with van der Waals surface area (Å²) in [7, 11) is 1.96. The van der Waals surface area contributed by atoms with E-state index in [0.717, 1.165) is 6.42 Å². The van der Waals surface area contributed by atoms with Gasteiger partial charge in [0.25, 0.3) is 0 Å². The fourth-order valence-electron chi connectivity index (χ4n) is 0.980. The molecule has 1 rings (SSSR count). The molecule has 1 atom stereocenters. The molecule has 0 bridgehead atoms. The number of nitrogens with one attached hydrogen (secondary N) is 1. The van der Waals surface area contributed by atoms with Gasteiger partial charge in [-0.15, -0.1) is 0 Å². The Morgan fingerprint density at radius 1 is 1.64 bits per heavy atom. The molecule has 0 radical (unpaired) electrons. The first-order chi connectivity index (χ1) is 5.34. The molecule has 60 valence electrons. The normalized spacial score (nSPS) is 19.3. The van der Waals surface area contributed by atoms with E-state index in [4.69, 9.17) is 0 Å². The zero-order valence-electron chi connectivity index (χ0n) is 7.04. The van der Waals surface area contributed by atoms with Crippen molar-refractivity contribution in [3.05, 3.63) is 23.9 Å². The van der Waals surface area contributed by atoms with Crippen LogP contribution in [0.1, 0.15) is 13.3 Å². The average Bonchev–Trinajstić information content (AvgIpc) is 2.30. The second-order valence-corrected chi connectivity index (χ2v) is 2.64. The van der Waals surface area contributed by atoms with Crippen molar-refractivity contribution in [2.45, 2.75) is 19.4 Å². The molecular weight excluding hydrogens is 136 g/mol. The third-order valence-electron chi connectivity index (χ3n) is 1.89. The van der Waals surface area contributed by atoms with Crippen LogP contribution in [0.15, 0.2) is 28.9 Å². The van der Waals surface area contributed by atoms with Gasteiger partial charge in [-0.2, -0.15) is 0 Å². The van der Waals surface area contributed by atoms with Crippen molar-refractivity contribution >= 4 is 6.21 Å². The van der Waals surface area contributed by atoms with Gasteiger partial charge in [-0.3, -0.25) is 4.99 Å². The van der Waals surface area contributed by atoms with Gasteiger partial charge in [0.05, 0.1) is 0 Å². The van der Waals surface area contributed by atoms with Crippen LogP contribution in [0.2, 0.25) is 0 Å². The van der Waals surface area contributed by atoms with Gasteiger partial charge >= 0.3 is 0 Å². The lowest BCUT2D eigenvalue weighted by Crippen LogP contribution is -2.23. The Balaban J connectivity index is 2.64.